The molecule has 2 N–H and O–H groups in total. The highest BCUT2D eigenvalue weighted by atomic mass is 35.5. The lowest BCUT2D eigenvalue weighted by molar-refractivity contribution is -0.143. The van der Waals surface area contributed by atoms with Gasteiger partial charge < -0.3 is 10.5 Å². The van der Waals surface area contributed by atoms with Gasteiger partial charge in [-0.25, -0.2) is 0 Å². The lowest BCUT2D eigenvalue weighted by Crippen LogP contribution is -2.40. The predicted molar refractivity (Wildman–Crippen MR) is 58.4 cm³/mol. The summed E-state index contributed by atoms with van der Waals surface area (Å²) in [6, 6.07) is -0.405. The van der Waals surface area contributed by atoms with Crippen molar-refractivity contribution in [1.82, 2.24) is 0 Å². The maximum Gasteiger partial charge on any atom is 0.322 e. The second-order valence-electron chi connectivity index (χ2n) is 4.07. The van der Waals surface area contributed by atoms with Gasteiger partial charge in [-0.2, -0.15) is 0 Å². The zero-order chi connectivity index (χ0) is 9.84. The molecule has 0 spiro atoms. The molecule has 0 amide bonds. The van der Waals surface area contributed by atoms with Gasteiger partial charge in [0.2, 0.25) is 0 Å². The molecule has 1 atom stereocenters. The predicted octanol–water partition coefficient (Wildman–Crippen LogP) is 1.73. The van der Waals surface area contributed by atoms with E-state index >= 15 is 0 Å². The van der Waals surface area contributed by atoms with Crippen molar-refractivity contribution in [2.24, 2.45) is 17.6 Å². The van der Waals surface area contributed by atoms with Crippen molar-refractivity contribution in [2.75, 3.05) is 7.11 Å². The smallest absolute Gasteiger partial charge is 0.322 e. The fourth-order valence-corrected chi connectivity index (χ4v) is 1.97. The molecule has 0 heterocycles. The van der Waals surface area contributed by atoms with E-state index in [2.05, 4.69) is 11.7 Å². The van der Waals surface area contributed by atoms with Crippen molar-refractivity contribution in [2.45, 2.75) is 38.6 Å². The second kappa shape index (κ2) is 6.25. The number of methoxy groups -OCH3 is 1. The first-order valence-electron chi connectivity index (χ1n) is 4.98. The summed E-state index contributed by atoms with van der Waals surface area (Å²) in [5, 5.41) is 0. The van der Waals surface area contributed by atoms with E-state index < -0.39 is 6.04 Å². The van der Waals surface area contributed by atoms with Crippen LogP contribution < -0.4 is 5.73 Å². The van der Waals surface area contributed by atoms with Crippen LogP contribution in [0.2, 0.25) is 0 Å². The number of halogens is 1. The second-order valence-corrected chi connectivity index (χ2v) is 4.07. The molecule has 1 aliphatic rings. The fraction of sp³-hybridized carbons (Fsp3) is 0.900. The van der Waals surface area contributed by atoms with Crippen molar-refractivity contribution >= 4 is 18.4 Å². The summed E-state index contributed by atoms with van der Waals surface area (Å²) < 4.78 is 4.63. The van der Waals surface area contributed by atoms with Crippen LogP contribution in [-0.4, -0.2) is 19.1 Å². The van der Waals surface area contributed by atoms with Gasteiger partial charge in [-0.3, -0.25) is 4.79 Å². The minimum Gasteiger partial charge on any atom is -0.468 e. The minimum absolute atomic E-state index is 0. The van der Waals surface area contributed by atoms with E-state index in [0.717, 1.165) is 18.8 Å². The minimum atomic E-state index is -0.405. The number of hydrogen-bond acceptors (Lipinski definition) is 3. The third-order valence-corrected chi connectivity index (χ3v) is 3.04. The zero-order valence-electron chi connectivity index (χ0n) is 8.86. The quantitative estimate of drug-likeness (QED) is 0.723. The summed E-state index contributed by atoms with van der Waals surface area (Å²) in [6.45, 7) is 2.25. The Bertz CT molecular complexity index is 179. The Kier molecular flexibility index (Phi) is 6.12. The Balaban J connectivity index is 0.00000169. The van der Waals surface area contributed by atoms with E-state index in [-0.39, 0.29) is 18.4 Å². The lowest BCUT2D eigenvalue weighted by Gasteiger charge is -2.28. The van der Waals surface area contributed by atoms with Crippen LogP contribution >= 0.6 is 12.4 Å². The van der Waals surface area contributed by atoms with E-state index in [0.29, 0.717) is 5.92 Å². The van der Waals surface area contributed by atoms with Crippen molar-refractivity contribution in [3.63, 3.8) is 0 Å². The monoisotopic (exact) mass is 221 g/mol. The molecular weight excluding hydrogens is 202 g/mol. The Morgan fingerprint density at radius 3 is 2.29 bits per heavy atom. The molecule has 1 rings (SSSR count). The number of nitrogens with two attached hydrogens (primary N) is 1. The first-order chi connectivity index (χ1) is 6.15. The highest BCUT2D eigenvalue weighted by molar-refractivity contribution is 5.85. The maximum absolute atomic E-state index is 11.1. The molecule has 1 fully saturated rings. The van der Waals surface area contributed by atoms with E-state index in [9.17, 15) is 4.79 Å². The molecule has 3 nitrogen and oxygen atoms in total. The summed E-state index contributed by atoms with van der Waals surface area (Å²) in [5.74, 6) is 0.865. The third kappa shape index (κ3) is 3.46. The van der Waals surface area contributed by atoms with Crippen LogP contribution in [0.15, 0.2) is 0 Å². The number of carbonyl (C=O) groups excluding carboxylic acids is 1. The summed E-state index contributed by atoms with van der Waals surface area (Å²) >= 11 is 0. The normalized spacial score (nSPS) is 28.8. The Labute approximate surface area is 91.8 Å². The summed E-state index contributed by atoms with van der Waals surface area (Å²) in [6.07, 6.45) is 4.51. The van der Waals surface area contributed by atoms with Crippen molar-refractivity contribution < 1.29 is 9.53 Å². The molecule has 0 aromatic heterocycles. The standard InChI is InChI=1S/C10H19NO2.ClH/c1-7-3-5-8(6-4-7)9(11)10(12)13-2;/h7-9H,3-6,11H2,1-2H3;1H/t7?,8?,9-;/m0./s1. The largest absolute Gasteiger partial charge is 0.468 e. The summed E-state index contributed by atoms with van der Waals surface area (Å²) in [4.78, 5) is 11.1. The third-order valence-electron chi connectivity index (χ3n) is 3.04. The molecule has 0 radical (unpaired) electrons. The number of rotatable bonds is 2. The highest BCUT2D eigenvalue weighted by Gasteiger charge is 2.28. The van der Waals surface area contributed by atoms with Crippen LogP contribution in [0.4, 0.5) is 0 Å². The van der Waals surface area contributed by atoms with Gasteiger partial charge in [-0.15, -0.1) is 12.4 Å². The van der Waals surface area contributed by atoms with Crippen LogP contribution in [0.3, 0.4) is 0 Å². The average molecular weight is 222 g/mol. The van der Waals surface area contributed by atoms with Gasteiger partial charge in [-0.1, -0.05) is 19.8 Å². The first-order valence-corrected chi connectivity index (χ1v) is 4.98. The van der Waals surface area contributed by atoms with Gasteiger partial charge in [-0.05, 0) is 24.7 Å². The average Bonchev–Trinajstić information content (AvgIpc) is 2.17. The van der Waals surface area contributed by atoms with Gasteiger partial charge in [0.25, 0.3) is 0 Å². The SMILES string of the molecule is COC(=O)[C@@H](N)C1CCC(C)CC1.Cl. The lowest BCUT2D eigenvalue weighted by atomic mass is 9.79. The molecule has 0 aromatic rings. The van der Waals surface area contributed by atoms with Gasteiger partial charge in [0.05, 0.1) is 7.11 Å². The molecule has 14 heavy (non-hydrogen) atoms. The van der Waals surface area contributed by atoms with Gasteiger partial charge in [0.15, 0.2) is 0 Å². The molecule has 1 aliphatic carbocycles. The van der Waals surface area contributed by atoms with Gasteiger partial charge >= 0.3 is 5.97 Å². The van der Waals surface area contributed by atoms with E-state index in [1.54, 1.807) is 0 Å². The maximum atomic E-state index is 11.1. The first kappa shape index (κ1) is 13.7. The van der Waals surface area contributed by atoms with Crippen molar-refractivity contribution in [3.8, 4) is 0 Å². The molecule has 0 saturated heterocycles. The highest BCUT2D eigenvalue weighted by Crippen LogP contribution is 2.29. The van der Waals surface area contributed by atoms with Gasteiger partial charge in [0, 0.05) is 0 Å². The number of ether oxygens (including phenoxy) is 1. The Hall–Kier alpha value is -0.280. The molecular formula is C10H20ClNO2. The molecule has 84 valence electrons. The summed E-state index contributed by atoms with van der Waals surface area (Å²) in [5.41, 5.74) is 5.77. The van der Waals surface area contributed by atoms with E-state index in [4.69, 9.17) is 5.73 Å². The molecule has 0 unspecified atom stereocenters. The fourth-order valence-electron chi connectivity index (χ4n) is 1.97. The Morgan fingerprint density at radius 2 is 1.86 bits per heavy atom. The van der Waals surface area contributed by atoms with Crippen LogP contribution in [0.1, 0.15) is 32.6 Å². The van der Waals surface area contributed by atoms with E-state index in [1.165, 1.54) is 20.0 Å². The summed E-state index contributed by atoms with van der Waals surface area (Å²) in [7, 11) is 1.40. The molecule has 0 aliphatic heterocycles. The van der Waals surface area contributed by atoms with Crippen LogP contribution in [0, 0.1) is 11.8 Å². The number of hydrogen-bond donors (Lipinski definition) is 1. The zero-order valence-corrected chi connectivity index (χ0v) is 9.68. The Morgan fingerprint density at radius 1 is 1.36 bits per heavy atom. The van der Waals surface area contributed by atoms with Crippen LogP contribution in [0.25, 0.3) is 0 Å². The van der Waals surface area contributed by atoms with E-state index in [1.807, 2.05) is 0 Å². The van der Waals surface area contributed by atoms with Crippen LogP contribution in [-0.2, 0) is 9.53 Å². The molecule has 1 saturated carbocycles. The van der Waals surface area contributed by atoms with Crippen molar-refractivity contribution in [3.05, 3.63) is 0 Å². The number of esters is 1. The topological polar surface area (TPSA) is 52.3 Å². The van der Waals surface area contributed by atoms with Gasteiger partial charge in [0.1, 0.15) is 6.04 Å². The van der Waals surface area contributed by atoms with Crippen molar-refractivity contribution in [1.29, 1.82) is 0 Å². The molecule has 0 aromatic carbocycles. The van der Waals surface area contributed by atoms with Crippen LogP contribution in [0.5, 0.6) is 0 Å². The number of carbonyl (C=O) groups is 1. The molecule has 4 heteroatoms. The molecule has 0 bridgehead atoms.